The van der Waals surface area contributed by atoms with E-state index in [4.69, 9.17) is 4.52 Å². The zero-order valence-electron chi connectivity index (χ0n) is 12.5. The van der Waals surface area contributed by atoms with Crippen LogP contribution in [0.3, 0.4) is 0 Å². The number of benzene rings is 1. The zero-order valence-corrected chi connectivity index (χ0v) is 12.5. The van der Waals surface area contributed by atoms with Gasteiger partial charge in [0.25, 0.3) is 5.71 Å². The van der Waals surface area contributed by atoms with Crippen LogP contribution in [0.15, 0.2) is 35.1 Å². The van der Waals surface area contributed by atoms with Crippen molar-refractivity contribution < 1.29 is 14.0 Å². The maximum Gasteiger partial charge on any atom is 0.263 e. The molecule has 0 unspecified atom stereocenters. The van der Waals surface area contributed by atoms with Crippen molar-refractivity contribution in [1.82, 2.24) is 15.1 Å². The third-order valence-corrected chi connectivity index (χ3v) is 4.23. The molecular formula is C16H15FN4O2. The summed E-state index contributed by atoms with van der Waals surface area (Å²) < 4.78 is 18.4. The Kier molecular flexibility index (Phi) is 3.23. The van der Waals surface area contributed by atoms with Crippen LogP contribution in [-0.4, -0.2) is 32.9 Å². The van der Waals surface area contributed by atoms with Crippen molar-refractivity contribution in [1.29, 1.82) is 0 Å². The van der Waals surface area contributed by atoms with Crippen LogP contribution in [0, 0.1) is 12.7 Å². The van der Waals surface area contributed by atoms with Gasteiger partial charge in [-0.15, -0.1) is 0 Å². The molecule has 2 aromatic heterocycles. The molecule has 23 heavy (non-hydrogen) atoms. The van der Waals surface area contributed by atoms with Gasteiger partial charge in [0, 0.05) is 6.54 Å². The molecule has 0 spiro atoms. The molecule has 4 rings (SSSR count). The van der Waals surface area contributed by atoms with Crippen molar-refractivity contribution in [3.8, 4) is 0 Å². The zero-order chi connectivity index (χ0) is 16.0. The van der Waals surface area contributed by atoms with E-state index in [9.17, 15) is 9.50 Å². The molecule has 6 nitrogen and oxygen atoms in total. The summed E-state index contributed by atoms with van der Waals surface area (Å²) in [5, 5.41) is 14.8. The first-order valence-electron chi connectivity index (χ1n) is 7.40. The number of fused-ring (bicyclic) bond motifs is 1. The number of rotatable bonds is 2. The van der Waals surface area contributed by atoms with Crippen LogP contribution >= 0.6 is 0 Å². The first-order chi connectivity index (χ1) is 11.1. The Hall–Kier alpha value is -2.54. The van der Waals surface area contributed by atoms with Crippen molar-refractivity contribution in [3.63, 3.8) is 0 Å². The van der Waals surface area contributed by atoms with Gasteiger partial charge in [0.1, 0.15) is 23.3 Å². The number of aryl methyl sites for hydroxylation is 1. The predicted molar refractivity (Wildman–Crippen MR) is 81.4 cm³/mol. The lowest BCUT2D eigenvalue weighted by molar-refractivity contribution is 0.194. The van der Waals surface area contributed by atoms with Gasteiger partial charge in [-0.3, -0.25) is 0 Å². The first kappa shape index (κ1) is 14.1. The number of β-amino-alcohol motifs (C(OH)–C–C–N with tert-alkyl or cyclic N) is 1. The van der Waals surface area contributed by atoms with Crippen LogP contribution in [-0.2, 0) is 0 Å². The Bertz CT molecular complexity index is 849. The lowest BCUT2D eigenvalue weighted by Gasteiger charge is -2.26. The van der Waals surface area contributed by atoms with Crippen LogP contribution in [0.2, 0.25) is 0 Å². The first-order valence-corrected chi connectivity index (χ1v) is 7.40. The molecule has 0 saturated carbocycles. The second-order valence-corrected chi connectivity index (χ2v) is 5.75. The highest BCUT2D eigenvalue weighted by molar-refractivity contribution is 5.88. The fourth-order valence-corrected chi connectivity index (χ4v) is 3.17. The van der Waals surface area contributed by atoms with E-state index in [2.05, 4.69) is 15.1 Å². The van der Waals surface area contributed by atoms with Gasteiger partial charge in [0.2, 0.25) is 0 Å². The molecule has 3 heterocycles. The van der Waals surface area contributed by atoms with E-state index in [1.54, 1.807) is 12.1 Å². The van der Waals surface area contributed by atoms with Crippen molar-refractivity contribution in [3.05, 3.63) is 47.7 Å². The number of aliphatic hydroxyl groups excluding tert-OH is 1. The van der Waals surface area contributed by atoms with Crippen molar-refractivity contribution >= 4 is 16.9 Å². The highest BCUT2D eigenvalue weighted by atomic mass is 19.1. The van der Waals surface area contributed by atoms with Crippen molar-refractivity contribution in [2.24, 2.45) is 0 Å². The van der Waals surface area contributed by atoms with Gasteiger partial charge < -0.3 is 14.5 Å². The molecule has 118 valence electrons. The normalized spacial score (nSPS) is 21.3. The largest absolute Gasteiger partial charge is 0.391 e. The van der Waals surface area contributed by atoms with Gasteiger partial charge in [-0.25, -0.2) is 9.37 Å². The molecule has 7 heteroatoms. The maximum atomic E-state index is 13.2. The van der Waals surface area contributed by atoms with E-state index in [-0.39, 0.29) is 11.9 Å². The van der Waals surface area contributed by atoms with Crippen LogP contribution < -0.4 is 4.90 Å². The fourth-order valence-electron chi connectivity index (χ4n) is 3.17. The molecule has 1 N–H and O–H groups in total. The van der Waals surface area contributed by atoms with Gasteiger partial charge >= 0.3 is 0 Å². The van der Waals surface area contributed by atoms with E-state index in [0.717, 1.165) is 10.9 Å². The van der Waals surface area contributed by atoms with E-state index >= 15 is 0 Å². The van der Waals surface area contributed by atoms with Crippen LogP contribution in [0.25, 0.3) is 11.1 Å². The molecule has 1 aliphatic heterocycles. The van der Waals surface area contributed by atoms with Gasteiger partial charge in [0.15, 0.2) is 0 Å². The molecule has 1 aromatic carbocycles. The molecule has 1 saturated heterocycles. The molecule has 0 radical (unpaired) electrons. The minimum absolute atomic E-state index is 0.0852. The van der Waals surface area contributed by atoms with Gasteiger partial charge in [-0.05, 0) is 31.0 Å². The minimum atomic E-state index is -0.477. The third kappa shape index (κ3) is 2.33. The summed E-state index contributed by atoms with van der Waals surface area (Å²) in [6.07, 6.45) is 1.51. The number of hydrogen-bond donors (Lipinski definition) is 1. The van der Waals surface area contributed by atoms with Crippen molar-refractivity contribution in [2.45, 2.75) is 25.5 Å². The van der Waals surface area contributed by atoms with Crippen LogP contribution in [0.5, 0.6) is 0 Å². The number of halogens is 1. The lowest BCUT2D eigenvalue weighted by atomic mass is 10.0. The minimum Gasteiger partial charge on any atom is -0.391 e. The number of hydrogen-bond acceptors (Lipinski definition) is 6. The van der Waals surface area contributed by atoms with E-state index in [1.165, 1.54) is 18.5 Å². The topological polar surface area (TPSA) is 75.3 Å². The van der Waals surface area contributed by atoms with E-state index in [0.29, 0.717) is 30.2 Å². The molecule has 0 aliphatic carbocycles. The number of aliphatic hydroxyl groups is 1. The van der Waals surface area contributed by atoms with Crippen molar-refractivity contribution in [2.75, 3.05) is 11.4 Å². The quantitative estimate of drug-likeness (QED) is 0.783. The highest BCUT2D eigenvalue weighted by Crippen LogP contribution is 2.38. The molecular weight excluding hydrogens is 299 g/mol. The standard InChI is InChI=1S/C16H15FN4O2/c1-9-14-15(18-8-19-16(14)23-20-9)21-7-12(22)6-13(21)10-2-4-11(17)5-3-10/h2-5,8,12-13,22H,6-7H2,1H3/t12-,13+/m0/s1. The number of nitrogens with zero attached hydrogens (tertiary/aromatic N) is 4. The number of aromatic nitrogens is 3. The average Bonchev–Trinajstić information content (AvgIpc) is 3.12. The lowest BCUT2D eigenvalue weighted by Crippen LogP contribution is -2.25. The SMILES string of the molecule is Cc1noc2ncnc(N3C[C@@H](O)C[C@@H]3c3ccc(F)cc3)c12. The van der Waals surface area contributed by atoms with Gasteiger partial charge in [-0.2, -0.15) is 4.98 Å². The maximum absolute atomic E-state index is 13.2. The second kappa shape index (κ2) is 5.27. The summed E-state index contributed by atoms with van der Waals surface area (Å²) in [5.41, 5.74) is 2.06. The summed E-state index contributed by atoms with van der Waals surface area (Å²) in [7, 11) is 0. The smallest absolute Gasteiger partial charge is 0.263 e. The highest BCUT2D eigenvalue weighted by Gasteiger charge is 2.34. The third-order valence-electron chi connectivity index (χ3n) is 4.23. The van der Waals surface area contributed by atoms with E-state index < -0.39 is 6.10 Å². The predicted octanol–water partition coefficient (Wildman–Crippen LogP) is 2.38. The Morgan fingerprint density at radius 2 is 2.04 bits per heavy atom. The van der Waals surface area contributed by atoms with Crippen LogP contribution in [0.1, 0.15) is 23.7 Å². The molecule has 2 atom stereocenters. The summed E-state index contributed by atoms with van der Waals surface area (Å²) >= 11 is 0. The Morgan fingerprint density at radius 3 is 2.83 bits per heavy atom. The fraction of sp³-hybridized carbons (Fsp3) is 0.312. The average molecular weight is 314 g/mol. The Morgan fingerprint density at radius 1 is 1.26 bits per heavy atom. The molecule has 1 aliphatic rings. The monoisotopic (exact) mass is 314 g/mol. The van der Waals surface area contributed by atoms with Crippen LogP contribution in [0.4, 0.5) is 10.2 Å². The molecule has 3 aromatic rings. The second-order valence-electron chi connectivity index (χ2n) is 5.75. The molecule has 1 fully saturated rings. The van der Waals surface area contributed by atoms with Gasteiger partial charge in [-0.1, -0.05) is 17.3 Å². The molecule has 0 bridgehead atoms. The Labute approximate surface area is 131 Å². The number of anilines is 1. The van der Waals surface area contributed by atoms with Gasteiger partial charge in [0.05, 0.1) is 17.8 Å². The summed E-state index contributed by atoms with van der Waals surface area (Å²) in [5.74, 6) is 0.401. The summed E-state index contributed by atoms with van der Waals surface area (Å²) in [4.78, 5) is 10.5. The molecule has 0 amide bonds. The van der Waals surface area contributed by atoms with E-state index in [1.807, 2.05) is 11.8 Å². The summed E-state index contributed by atoms with van der Waals surface area (Å²) in [6.45, 7) is 2.27. The Balaban J connectivity index is 1.81. The summed E-state index contributed by atoms with van der Waals surface area (Å²) in [6, 6.07) is 6.25.